The fourth-order valence-corrected chi connectivity index (χ4v) is 4.54. The first-order chi connectivity index (χ1) is 16.1. The van der Waals surface area contributed by atoms with E-state index in [-0.39, 0.29) is 23.5 Å². The Morgan fingerprint density at radius 2 is 1.94 bits per heavy atom. The summed E-state index contributed by atoms with van der Waals surface area (Å²) >= 11 is 1.40. The number of amides is 1. The van der Waals surface area contributed by atoms with Crippen LogP contribution in [-0.2, 0) is 17.9 Å². The monoisotopic (exact) mass is 468 g/mol. The second-order valence-electron chi connectivity index (χ2n) is 8.17. The number of carbonyl (C=O) groups excluding carboxylic acids is 1. The van der Waals surface area contributed by atoms with Crippen LogP contribution >= 0.6 is 11.8 Å². The maximum Gasteiger partial charge on any atom is 0.233 e. The largest absolute Gasteiger partial charge is 0.497 e. The summed E-state index contributed by atoms with van der Waals surface area (Å²) < 4.78 is 21.5. The molecule has 1 aromatic heterocycles. The van der Waals surface area contributed by atoms with E-state index < -0.39 is 0 Å². The molecule has 1 fully saturated rings. The molecule has 174 valence electrons. The van der Waals surface area contributed by atoms with Crippen LogP contribution in [0.3, 0.4) is 0 Å². The van der Waals surface area contributed by atoms with Crippen molar-refractivity contribution in [2.75, 3.05) is 12.9 Å². The van der Waals surface area contributed by atoms with Gasteiger partial charge in [0.2, 0.25) is 5.91 Å². The summed E-state index contributed by atoms with van der Waals surface area (Å²) in [5, 5.41) is 9.54. The SMILES string of the molecule is CCCCn1c(SCC(=O)N(Cc2ccccc2F)C2CC2)nnc1-c1ccc(OC)cc1. The maximum atomic E-state index is 14.2. The Kier molecular flexibility index (Phi) is 7.65. The van der Waals surface area contributed by atoms with Gasteiger partial charge in [-0.25, -0.2) is 4.39 Å². The van der Waals surface area contributed by atoms with Gasteiger partial charge in [0.25, 0.3) is 0 Å². The number of hydrogen-bond donors (Lipinski definition) is 0. The Hall–Kier alpha value is -2.87. The summed E-state index contributed by atoms with van der Waals surface area (Å²) in [6, 6.07) is 14.6. The van der Waals surface area contributed by atoms with E-state index in [1.807, 2.05) is 29.2 Å². The molecular weight excluding hydrogens is 439 g/mol. The lowest BCUT2D eigenvalue weighted by Gasteiger charge is -2.22. The fraction of sp³-hybridized carbons (Fsp3) is 0.400. The molecule has 1 saturated carbocycles. The normalized spacial score (nSPS) is 13.2. The van der Waals surface area contributed by atoms with Crippen LogP contribution in [0.4, 0.5) is 4.39 Å². The van der Waals surface area contributed by atoms with Crippen molar-refractivity contribution in [1.29, 1.82) is 0 Å². The van der Waals surface area contributed by atoms with Gasteiger partial charge >= 0.3 is 0 Å². The van der Waals surface area contributed by atoms with Gasteiger partial charge in [-0.3, -0.25) is 4.79 Å². The van der Waals surface area contributed by atoms with Crippen molar-refractivity contribution in [2.24, 2.45) is 0 Å². The zero-order valence-corrected chi connectivity index (χ0v) is 19.9. The molecule has 6 nitrogen and oxygen atoms in total. The van der Waals surface area contributed by atoms with Crippen LogP contribution in [0.5, 0.6) is 5.75 Å². The van der Waals surface area contributed by atoms with Gasteiger partial charge in [-0.15, -0.1) is 10.2 Å². The third-order valence-electron chi connectivity index (χ3n) is 5.73. The van der Waals surface area contributed by atoms with E-state index in [9.17, 15) is 9.18 Å². The molecule has 0 spiro atoms. The van der Waals surface area contributed by atoms with E-state index in [4.69, 9.17) is 4.74 Å². The number of hydrogen-bond acceptors (Lipinski definition) is 5. The van der Waals surface area contributed by atoms with Crippen LogP contribution in [0.25, 0.3) is 11.4 Å². The molecule has 1 aliphatic carbocycles. The van der Waals surface area contributed by atoms with Crippen LogP contribution in [0.15, 0.2) is 53.7 Å². The quantitative estimate of drug-likeness (QED) is 0.363. The zero-order chi connectivity index (χ0) is 23.2. The van der Waals surface area contributed by atoms with Crippen LogP contribution < -0.4 is 4.74 Å². The number of benzene rings is 2. The molecule has 3 aromatic rings. The lowest BCUT2D eigenvalue weighted by Crippen LogP contribution is -2.34. The Labute approximate surface area is 198 Å². The molecule has 0 unspecified atom stereocenters. The van der Waals surface area contributed by atoms with Crippen molar-refractivity contribution in [2.45, 2.75) is 56.9 Å². The molecule has 33 heavy (non-hydrogen) atoms. The predicted molar refractivity (Wildman–Crippen MR) is 128 cm³/mol. The van der Waals surface area contributed by atoms with E-state index >= 15 is 0 Å². The second-order valence-corrected chi connectivity index (χ2v) is 9.12. The molecule has 0 saturated heterocycles. The van der Waals surface area contributed by atoms with Gasteiger partial charge in [0.15, 0.2) is 11.0 Å². The number of thioether (sulfide) groups is 1. The van der Waals surface area contributed by atoms with Crippen molar-refractivity contribution in [3.63, 3.8) is 0 Å². The van der Waals surface area contributed by atoms with E-state index in [0.717, 1.165) is 54.5 Å². The van der Waals surface area contributed by atoms with E-state index in [1.165, 1.54) is 17.8 Å². The molecule has 0 aliphatic heterocycles. The lowest BCUT2D eigenvalue weighted by atomic mass is 10.2. The molecule has 0 N–H and O–H groups in total. The van der Waals surface area contributed by atoms with Crippen LogP contribution in [0.2, 0.25) is 0 Å². The van der Waals surface area contributed by atoms with Gasteiger partial charge in [-0.1, -0.05) is 43.3 Å². The number of nitrogens with zero attached hydrogens (tertiary/aromatic N) is 4. The minimum atomic E-state index is -0.271. The van der Waals surface area contributed by atoms with Gasteiger partial charge in [-0.2, -0.15) is 0 Å². The number of halogens is 1. The molecule has 1 aliphatic rings. The van der Waals surface area contributed by atoms with E-state index in [1.54, 1.807) is 25.3 Å². The average Bonchev–Trinajstić information content (AvgIpc) is 3.60. The standard InChI is InChI=1S/C25H29FN4O2S/c1-3-4-15-29-24(18-9-13-21(32-2)14-10-18)27-28-25(29)33-17-23(31)30(20-11-12-20)16-19-7-5-6-8-22(19)26/h5-10,13-14,20H,3-4,11-12,15-17H2,1-2H3. The van der Waals surface area contributed by atoms with Gasteiger partial charge in [0.05, 0.1) is 12.9 Å². The predicted octanol–water partition coefficient (Wildman–Crippen LogP) is 5.18. The molecule has 4 rings (SSSR count). The summed E-state index contributed by atoms with van der Waals surface area (Å²) in [5.74, 6) is 1.55. The number of ether oxygens (including phenoxy) is 1. The fourth-order valence-electron chi connectivity index (χ4n) is 3.69. The zero-order valence-electron chi connectivity index (χ0n) is 19.0. The van der Waals surface area contributed by atoms with Crippen molar-refractivity contribution in [3.8, 4) is 17.1 Å². The minimum Gasteiger partial charge on any atom is -0.497 e. The first kappa shape index (κ1) is 23.3. The molecule has 0 radical (unpaired) electrons. The van der Waals surface area contributed by atoms with Crippen molar-refractivity contribution in [3.05, 3.63) is 59.9 Å². The Morgan fingerprint density at radius 1 is 1.18 bits per heavy atom. The second kappa shape index (κ2) is 10.8. The maximum absolute atomic E-state index is 14.2. The minimum absolute atomic E-state index is 0.00166. The highest BCUT2D eigenvalue weighted by atomic mass is 32.2. The number of methoxy groups -OCH3 is 1. The highest BCUT2D eigenvalue weighted by Crippen LogP contribution is 2.31. The number of aromatic nitrogens is 3. The summed E-state index contributed by atoms with van der Waals surface area (Å²) in [6.45, 7) is 3.23. The molecule has 1 heterocycles. The first-order valence-corrected chi connectivity index (χ1v) is 12.3. The summed E-state index contributed by atoms with van der Waals surface area (Å²) in [6.07, 6.45) is 3.98. The van der Waals surface area contributed by atoms with Gasteiger partial charge in [0, 0.05) is 30.3 Å². The number of rotatable bonds is 11. The lowest BCUT2D eigenvalue weighted by molar-refractivity contribution is -0.129. The van der Waals surface area contributed by atoms with Crippen LogP contribution in [0, 0.1) is 5.82 Å². The number of unbranched alkanes of at least 4 members (excludes halogenated alkanes) is 1. The van der Waals surface area contributed by atoms with E-state index in [2.05, 4.69) is 21.7 Å². The van der Waals surface area contributed by atoms with Crippen LogP contribution in [-0.4, -0.2) is 44.5 Å². The van der Waals surface area contributed by atoms with Gasteiger partial charge < -0.3 is 14.2 Å². The first-order valence-electron chi connectivity index (χ1n) is 11.3. The average molecular weight is 469 g/mol. The van der Waals surface area contributed by atoms with Gasteiger partial charge in [-0.05, 0) is 49.6 Å². The Morgan fingerprint density at radius 3 is 2.61 bits per heavy atom. The van der Waals surface area contributed by atoms with Gasteiger partial charge in [0.1, 0.15) is 11.6 Å². The molecule has 2 aromatic carbocycles. The summed E-state index contributed by atoms with van der Waals surface area (Å²) in [4.78, 5) is 14.9. The third-order valence-corrected chi connectivity index (χ3v) is 6.68. The highest BCUT2D eigenvalue weighted by molar-refractivity contribution is 7.99. The summed E-state index contributed by atoms with van der Waals surface area (Å²) in [7, 11) is 1.64. The molecular formula is C25H29FN4O2S. The Bertz CT molecular complexity index is 1080. The highest BCUT2D eigenvalue weighted by Gasteiger charge is 2.33. The molecule has 8 heteroatoms. The topological polar surface area (TPSA) is 60.2 Å². The molecule has 0 atom stereocenters. The molecule has 0 bridgehead atoms. The summed E-state index contributed by atoms with van der Waals surface area (Å²) in [5.41, 5.74) is 1.51. The van der Waals surface area contributed by atoms with E-state index in [0.29, 0.717) is 12.1 Å². The Balaban J connectivity index is 1.48. The third kappa shape index (κ3) is 5.74. The van der Waals surface area contributed by atoms with Crippen molar-refractivity contribution in [1.82, 2.24) is 19.7 Å². The van der Waals surface area contributed by atoms with Crippen LogP contribution in [0.1, 0.15) is 38.2 Å². The smallest absolute Gasteiger partial charge is 0.233 e. The number of carbonyl (C=O) groups is 1. The van der Waals surface area contributed by atoms with Crippen molar-refractivity contribution >= 4 is 17.7 Å². The molecule has 1 amide bonds. The van der Waals surface area contributed by atoms with Crippen molar-refractivity contribution < 1.29 is 13.9 Å².